The van der Waals surface area contributed by atoms with E-state index in [4.69, 9.17) is 13.9 Å². The summed E-state index contributed by atoms with van der Waals surface area (Å²) in [4.78, 5) is 12.6. The first-order valence-corrected chi connectivity index (χ1v) is 7.89. The van der Waals surface area contributed by atoms with Gasteiger partial charge in [0, 0.05) is 18.5 Å². The van der Waals surface area contributed by atoms with Crippen molar-refractivity contribution in [2.45, 2.75) is 12.5 Å². The average Bonchev–Trinajstić information content (AvgIpc) is 3.33. The van der Waals surface area contributed by atoms with Crippen LogP contribution in [0.1, 0.15) is 18.2 Å². The number of rotatable bonds is 7. The number of carbonyl (C=O) groups excluding carboxylic acids is 1. The summed E-state index contributed by atoms with van der Waals surface area (Å²) < 4.78 is 18.0. The molecule has 25 heavy (non-hydrogen) atoms. The van der Waals surface area contributed by atoms with Crippen molar-refractivity contribution in [2.75, 3.05) is 19.5 Å². The molecule has 0 aliphatic carbocycles. The van der Waals surface area contributed by atoms with Crippen LogP contribution in [-0.2, 0) is 4.79 Å². The molecule has 130 valence electrons. The molecule has 2 aromatic heterocycles. The molecule has 3 aromatic rings. The van der Waals surface area contributed by atoms with Gasteiger partial charge in [-0.25, -0.2) is 0 Å². The highest BCUT2D eigenvalue weighted by molar-refractivity contribution is 5.93. The average molecular weight is 340 g/mol. The minimum Gasteiger partial charge on any atom is -0.497 e. The Morgan fingerprint density at radius 3 is 2.60 bits per heavy atom. The van der Waals surface area contributed by atoms with Gasteiger partial charge in [0.05, 0.1) is 38.6 Å². The number of benzene rings is 1. The molecule has 0 bridgehead atoms. The van der Waals surface area contributed by atoms with E-state index in [1.54, 1.807) is 38.7 Å². The molecular formula is C19H20N2O4. The van der Waals surface area contributed by atoms with E-state index in [-0.39, 0.29) is 18.4 Å². The van der Waals surface area contributed by atoms with Gasteiger partial charge < -0.3 is 23.8 Å². The molecule has 1 amide bonds. The number of carbonyl (C=O) groups is 1. The first-order valence-electron chi connectivity index (χ1n) is 7.89. The van der Waals surface area contributed by atoms with Gasteiger partial charge in [-0.05, 0) is 36.4 Å². The van der Waals surface area contributed by atoms with Crippen molar-refractivity contribution in [3.8, 4) is 11.5 Å². The van der Waals surface area contributed by atoms with Crippen molar-refractivity contribution in [2.24, 2.45) is 0 Å². The second kappa shape index (κ2) is 7.61. The van der Waals surface area contributed by atoms with E-state index in [2.05, 4.69) is 5.32 Å². The second-order valence-electron chi connectivity index (χ2n) is 5.48. The van der Waals surface area contributed by atoms with Gasteiger partial charge in [0.15, 0.2) is 0 Å². The number of furan rings is 1. The van der Waals surface area contributed by atoms with Crippen LogP contribution in [0.15, 0.2) is 65.5 Å². The molecule has 6 nitrogen and oxygen atoms in total. The molecule has 1 aromatic carbocycles. The van der Waals surface area contributed by atoms with Crippen LogP contribution in [-0.4, -0.2) is 24.7 Å². The largest absolute Gasteiger partial charge is 0.497 e. The number of ether oxygens (including phenoxy) is 2. The predicted molar refractivity (Wildman–Crippen MR) is 94.1 cm³/mol. The SMILES string of the molecule is COc1ccc(OC)c(NC(=O)CC(c2ccco2)n2cccc2)c1. The lowest BCUT2D eigenvalue weighted by Crippen LogP contribution is -2.19. The Kier molecular flexibility index (Phi) is 5.09. The van der Waals surface area contributed by atoms with Crippen LogP contribution in [0.5, 0.6) is 11.5 Å². The van der Waals surface area contributed by atoms with Gasteiger partial charge in [-0.2, -0.15) is 0 Å². The van der Waals surface area contributed by atoms with Gasteiger partial charge in [-0.3, -0.25) is 4.79 Å². The summed E-state index contributed by atoms with van der Waals surface area (Å²) in [6, 6.07) is 12.6. The van der Waals surface area contributed by atoms with Crippen LogP contribution in [0.4, 0.5) is 5.69 Å². The third-order valence-corrected chi connectivity index (χ3v) is 3.92. The monoisotopic (exact) mass is 340 g/mol. The van der Waals surface area contributed by atoms with Gasteiger partial charge >= 0.3 is 0 Å². The van der Waals surface area contributed by atoms with Crippen molar-refractivity contribution < 1.29 is 18.7 Å². The van der Waals surface area contributed by atoms with Crippen LogP contribution in [0, 0.1) is 0 Å². The number of aromatic nitrogens is 1. The Labute approximate surface area is 146 Å². The summed E-state index contributed by atoms with van der Waals surface area (Å²) >= 11 is 0. The van der Waals surface area contributed by atoms with E-state index < -0.39 is 0 Å². The Bertz CT molecular complexity index is 776. The summed E-state index contributed by atoms with van der Waals surface area (Å²) in [6.45, 7) is 0. The third kappa shape index (κ3) is 3.85. The lowest BCUT2D eigenvalue weighted by Gasteiger charge is -2.17. The molecular weight excluding hydrogens is 320 g/mol. The fourth-order valence-corrected chi connectivity index (χ4v) is 2.68. The summed E-state index contributed by atoms with van der Waals surface area (Å²) in [5, 5.41) is 2.89. The lowest BCUT2D eigenvalue weighted by atomic mass is 10.1. The Hall–Kier alpha value is -3.15. The molecule has 1 atom stereocenters. The molecule has 1 N–H and O–H groups in total. The van der Waals surface area contributed by atoms with Crippen LogP contribution in [0.2, 0.25) is 0 Å². The third-order valence-electron chi connectivity index (χ3n) is 3.92. The number of amides is 1. The summed E-state index contributed by atoms with van der Waals surface area (Å²) in [5.41, 5.74) is 0.567. The number of anilines is 1. The van der Waals surface area contributed by atoms with E-state index in [9.17, 15) is 4.79 Å². The maximum Gasteiger partial charge on any atom is 0.227 e. The van der Waals surface area contributed by atoms with Crippen LogP contribution < -0.4 is 14.8 Å². The minimum absolute atomic E-state index is 0.151. The highest BCUT2D eigenvalue weighted by Gasteiger charge is 2.20. The van der Waals surface area contributed by atoms with Gasteiger partial charge in [0.1, 0.15) is 17.3 Å². The van der Waals surface area contributed by atoms with E-state index >= 15 is 0 Å². The number of hydrogen-bond donors (Lipinski definition) is 1. The van der Waals surface area contributed by atoms with Crippen LogP contribution >= 0.6 is 0 Å². The van der Waals surface area contributed by atoms with E-state index in [0.717, 1.165) is 5.76 Å². The molecule has 0 radical (unpaired) electrons. The number of nitrogens with one attached hydrogen (secondary N) is 1. The standard InChI is InChI=1S/C19H20N2O4/c1-23-14-7-8-17(24-2)15(12-14)20-19(22)13-16(18-6-5-11-25-18)21-9-3-4-10-21/h3-12,16H,13H2,1-2H3,(H,20,22). The van der Waals surface area contributed by atoms with Crippen molar-refractivity contribution in [3.63, 3.8) is 0 Å². The summed E-state index contributed by atoms with van der Waals surface area (Å²) in [7, 11) is 3.13. The Morgan fingerprint density at radius 2 is 1.96 bits per heavy atom. The molecule has 0 aliphatic rings. The molecule has 0 spiro atoms. The fraction of sp³-hybridized carbons (Fsp3) is 0.211. The molecule has 3 rings (SSSR count). The Morgan fingerprint density at radius 1 is 1.16 bits per heavy atom. The molecule has 0 saturated carbocycles. The molecule has 6 heteroatoms. The topological polar surface area (TPSA) is 65.6 Å². The van der Waals surface area contributed by atoms with E-state index in [1.807, 2.05) is 41.2 Å². The van der Waals surface area contributed by atoms with Crippen molar-refractivity contribution in [3.05, 3.63) is 66.9 Å². The van der Waals surface area contributed by atoms with E-state index in [0.29, 0.717) is 17.2 Å². The number of hydrogen-bond acceptors (Lipinski definition) is 4. The van der Waals surface area contributed by atoms with Gasteiger partial charge in [-0.15, -0.1) is 0 Å². The van der Waals surface area contributed by atoms with Crippen molar-refractivity contribution in [1.82, 2.24) is 4.57 Å². The van der Waals surface area contributed by atoms with Gasteiger partial charge in [-0.1, -0.05) is 0 Å². The Balaban J connectivity index is 1.79. The normalized spacial score (nSPS) is 11.8. The quantitative estimate of drug-likeness (QED) is 0.712. The van der Waals surface area contributed by atoms with Crippen LogP contribution in [0.3, 0.4) is 0 Å². The molecule has 0 fully saturated rings. The number of nitrogens with zero attached hydrogens (tertiary/aromatic N) is 1. The first kappa shape index (κ1) is 16.7. The van der Waals surface area contributed by atoms with Crippen LogP contribution in [0.25, 0.3) is 0 Å². The molecule has 2 heterocycles. The fourth-order valence-electron chi connectivity index (χ4n) is 2.68. The first-order chi connectivity index (χ1) is 12.2. The maximum absolute atomic E-state index is 12.6. The van der Waals surface area contributed by atoms with Gasteiger partial charge in [0.25, 0.3) is 0 Å². The summed E-state index contributed by atoms with van der Waals surface area (Å²) in [5.74, 6) is 1.79. The van der Waals surface area contributed by atoms with E-state index in [1.165, 1.54) is 0 Å². The zero-order valence-electron chi connectivity index (χ0n) is 14.1. The molecule has 1 unspecified atom stereocenters. The highest BCUT2D eigenvalue weighted by Crippen LogP contribution is 2.30. The lowest BCUT2D eigenvalue weighted by molar-refractivity contribution is -0.116. The highest BCUT2D eigenvalue weighted by atomic mass is 16.5. The van der Waals surface area contributed by atoms with Crippen molar-refractivity contribution >= 4 is 11.6 Å². The zero-order chi connectivity index (χ0) is 17.6. The maximum atomic E-state index is 12.6. The second-order valence-corrected chi connectivity index (χ2v) is 5.48. The zero-order valence-corrected chi connectivity index (χ0v) is 14.1. The summed E-state index contributed by atoms with van der Waals surface area (Å²) in [6.07, 6.45) is 5.65. The smallest absolute Gasteiger partial charge is 0.227 e. The van der Waals surface area contributed by atoms with Crippen molar-refractivity contribution in [1.29, 1.82) is 0 Å². The van der Waals surface area contributed by atoms with Gasteiger partial charge in [0.2, 0.25) is 5.91 Å². The molecule has 0 saturated heterocycles. The predicted octanol–water partition coefficient (Wildman–Crippen LogP) is 3.72. The minimum atomic E-state index is -0.221. The number of methoxy groups -OCH3 is 2. The molecule has 0 aliphatic heterocycles.